The number of amides is 1. The normalized spacial score (nSPS) is 13.2. The molecule has 28 heavy (non-hydrogen) atoms. The van der Waals surface area contributed by atoms with E-state index in [1.807, 2.05) is 0 Å². The highest BCUT2D eigenvalue weighted by molar-refractivity contribution is 7.17. The van der Waals surface area contributed by atoms with E-state index in [1.165, 1.54) is 11.3 Å². The predicted molar refractivity (Wildman–Crippen MR) is 107 cm³/mol. The van der Waals surface area contributed by atoms with E-state index >= 15 is 0 Å². The molecule has 0 saturated carbocycles. The molecule has 0 radical (unpaired) electrons. The zero-order valence-corrected chi connectivity index (χ0v) is 16.2. The maximum atomic E-state index is 12.8. The summed E-state index contributed by atoms with van der Waals surface area (Å²) in [6.07, 6.45) is 4.88. The summed E-state index contributed by atoms with van der Waals surface area (Å²) in [6.45, 7) is 2.00. The van der Waals surface area contributed by atoms with Crippen LogP contribution in [0.15, 0.2) is 39.7 Å². The fourth-order valence-corrected chi connectivity index (χ4v) is 4.75. The van der Waals surface area contributed by atoms with Crippen molar-refractivity contribution in [1.82, 2.24) is 0 Å². The molecular formula is C21H19NO5S. The monoisotopic (exact) mass is 397 g/mol. The van der Waals surface area contributed by atoms with Gasteiger partial charge in [0.25, 0.3) is 5.91 Å². The first-order valence-corrected chi connectivity index (χ1v) is 10.0. The van der Waals surface area contributed by atoms with Gasteiger partial charge in [0, 0.05) is 4.88 Å². The van der Waals surface area contributed by atoms with Crippen LogP contribution >= 0.6 is 11.3 Å². The van der Waals surface area contributed by atoms with E-state index in [4.69, 9.17) is 9.15 Å². The van der Waals surface area contributed by atoms with E-state index in [0.29, 0.717) is 21.5 Å². The summed E-state index contributed by atoms with van der Waals surface area (Å²) in [5, 5.41) is 3.52. The highest BCUT2D eigenvalue weighted by atomic mass is 32.1. The van der Waals surface area contributed by atoms with Crippen LogP contribution in [-0.4, -0.2) is 18.5 Å². The molecule has 0 spiro atoms. The zero-order chi connectivity index (χ0) is 19.7. The molecule has 1 aliphatic rings. The number of fused-ring (bicyclic) bond motifs is 2. The number of nitrogens with one attached hydrogen (secondary N) is 1. The molecule has 1 N–H and O–H groups in total. The molecule has 1 aliphatic carbocycles. The van der Waals surface area contributed by atoms with E-state index in [-0.39, 0.29) is 12.2 Å². The quantitative estimate of drug-likeness (QED) is 0.668. The van der Waals surface area contributed by atoms with Gasteiger partial charge >= 0.3 is 5.97 Å². The lowest BCUT2D eigenvalue weighted by atomic mass is 9.95. The van der Waals surface area contributed by atoms with Crippen LogP contribution in [0.2, 0.25) is 0 Å². The molecule has 6 nitrogen and oxygen atoms in total. The molecule has 1 aromatic carbocycles. The SMILES string of the molecule is CCOC(=O)c1c(NC(=O)c2coc3ccccc3c2=O)sc2c1CCCC2. The second-order valence-corrected chi connectivity index (χ2v) is 7.67. The van der Waals surface area contributed by atoms with Gasteiger partial charge in [0.2, 0.25) is 5.43 Å². The molecule has 0 unspecified atom stereocenters. The molecule has 0 fully saturated rings. The highest BCUT2D eigenvalue weighted by Crippen LogP contribution is 2.38. The second-order valence-electron chi connectivity index (χ2n) is 6.56. The molecule has 0 saturated heterocycles. The van der Waals surface area contributed by atoms with Crippen molar-refractivity contribution >= 4 is 39.2 Å². The minimum Gasteiger partial charge on any atom is -0.463 e. The Morgan fingerprint density at radius 2 is 2.00 bits per heavy atom. The molecule has 1 amide bonds. The number of ether oxygens (including phenoxy) is 1. The lowest BCUT2D eigenvalue weighted by Crippen LogP contribution is -2.22. The predicted octanol–water partition coefficient (Wildman–Crippen LogP) is 4.16. The van der Waals surface area contributed by atoms with Crippen LogP contribution in [0, 0.1) is 0 Å². The number of para-hydroxylation sites is 1. The molecular weight excluding hydrogens is 378 g/mol. The smallest absolute Gasteiger partial charge is 0.341 e. The van der Waals surface area contributed by atoms with E-state index in [1.54, 1.807) is 31.2 Å². The Hall–Kier alpha value is -2.93. The van der Waals surface area contributed by atoms with Crippen molar-refractivity contribution in [3.05, 3.63) is 62.3 Å². The number of esters is 1. The van der Waals surface area contributed by atoms with Gasteiger partial charge in [0.05, 0.1) is 17.6 Å². The third kappa shape index (κ3) is 3.22. The molecule has 0 bridgehead atoms. The van der Waals surface area contributed by atoms with E-state index < -0.39 is 17.3 Å². The topological polar surface area (TPSA) is 85.6 Å². The van der Waals surface area contributed by atoms with Gasteiger partial charge < -0.3 is 14.5 Å². The molecule has 0 atom stereocenters. The molecule has 3 aromatic rings. The van der Waals surface area contributed by atoms with Crippen LogP contribution in [0.5, 0.6) is 0 Å². The number of anilines is 1. The number of carbonyl (C=O) groups is 2. The first-order chi connectivity index (χ1) is 13.6. The van der Waals surface area contributed by atoms with Crippen molar-refractivity contribution in [3.8, 4) is 0 Å². The number of aryl methyl sites for hydroxylation is 1. The third-order valence-electron chi connectivity index (χ3n) is 4.80. The largest absolute Gasteiger partial charge is 0.463 e. The standard InChI is InChI=1S/C21H19NO5S/c1-2-26-21(25)17-13-8-4-6-10-16(13)28-20(17)22-19(24)14-11-27-15-9-5-3-7-12(15)18(14)23/h3,5,7,9,11H,2,4,6,8,10H2,1H3,(H,22,24). The summed E-state index contributed by atoms with van der Waals surface area (Å²) >= 11 is 1.38. The zero-order valence-electron chi connectivity index (χ0n) is 15.4. The summed E-state index contributed by atoms with van der Waals surface area (Å²) in [6, 6.07) is 6.76. The lowest BCUT2D eigenvalue weighted by molar-refractivity contribution is 0.0526. The highest BCUT2D eigenvalue weighted by Gasteiger charge is 2.28. The number of hydrogen-bond acceptors (Lipinski definition) is 6. The van der Waals surface area contributed by atoms with Gasteiger partial charge in [-0.1, -0.05) is 12.1 Å². The van der Waals surface area contributed by atoms with Crippen LogP contribution in [-0.2, 0) is 17.6 Å². The molecule has 2 heterocycles. The maximum absolute atomic E-state index is 12.8. The number of thiophene rings is 1. The van der Waals surface area contributed by atoms with E-state index in [9.17, 15) is 14.4 Å². The summed E-state index contributed by atoms with van der Waals surface area (Å²) in [5.41, 5.74) is 1.29. The first kappa shape index (κ1) is 18.4. The average Bonchev–Trinajstić information content (AvgIpc) is 3.06. The Bertz CT molecular complexity index is 1130. The van der Waals surface area contributed by atoms with Crippen LogP contribution < -0.4 is 10.7 Å². The van der Waals surface area contributed by atoms with E-state index in [2.05, 4.69) is 5.32 Å². The Labute approximate surface area is 165 Å². The van der Waals surface area contributed by atoms with Crippen LogP contribution in [0.4, 0.5) is 5.00 Å². The van der Waals surface area contributed by atoms with Gasteiger partial charge in [-0.25, -0.2) is 4.79 Å². The van der Waals surface area contributed by atoms with Crippen LogP contribution in [0.1, 0.15) is 50.9 Å². The van der Waals surface area contributed by atoms with Gasteiger partial charge in [0.15, 0.2) is 0 Å². The number of hydrogen-bond donors (Lipinski definition) is 1. The number of benzene rings is 1. The molecule has 144 valence electrons. The summed E-state index contributed by atoms with van der Waals surface area (Å²) in [7, 11) is 0. The second kappa shape index (κ2) is 7.59. The summed E-state index contributed by atoms with van der Waals surface area (Å²) < 4.78 is 10.6. The maximum Gasteiger partial charge on any atom is 0.341 e. The van der Waals surface area contributed by atoms with Gasteiger partial charge in [-0.15, -0.1) is 11.3 Å². The third-order valence-corrected chi connectivity index (χ3v) is 6.01. The Balaban J connectivity index is 1.72. The molecule has 2 aromatic heterocycles. The molecule has 7 heteroatoms. The Morgan fingerprint density at radius 3 is 2.82 bits per heavy atom. The van der Waals surface area contributed by atoms with Crippen LogP contribution in [0.25, 0.3) is 11.0 Å². The average molecular weight is 397 g/mol. The molecule has 0 aliphatic heterocycles. The minimum absolute atomic E-state index is 0.0973. The summed E-state index contributed by atoms with van der Waals surface area (Å²) in [5.74, 6) is -1.04. The first-order valence-electron chi connectivity index (χ1n) is 9.23. The van der Waals surface area contributed by atoms with Crippen molar-refractivity contribution in [2.75, 3.05) is 11.9 Å². The Morgan fingerprint density at radius 1 is 1.21 bits per heavy atom. The fourth-order valence-electron chi connectivity index (χ4n) is 3.48. The van der Waals surface area contributed by atoms with E-state index in [0.717, 1.165) is 42.4 Å². The van der Waals surface area contributed by atoms with Gasteiger partial charge in [-0.3, -0.25) is 9.59 Å². The summed E-state index contributed by atoms with van der Waals surface area (Å²) in [4.78, 5) is 39.1. The Kier molecular flexibility index (Phi) is 5.00. The number of carbonyl (C=O) groups excluding carboxylic acids is 2. The van der Waals surface area contributed by atoms with Gasteiger partial charge in [0.1, 0.15) is 22.4 Å². The lowest BCUT2D eigenvalue weighted by Gasteiger charge is -2.12. The minimum atomic E-state index is -0.594. The number of rotatable bonds is 4. The van der Waals surface area contributed by atoms with Crippen molar-refractivity contribution in [2.24, 2.45) is 0 Å². The fraction of sp³-hybridized carbons (Fsp3) is 0.286. The van der Waals surface area contributed by atoms with Crippen molar-refractivity contribution in [2.45, 2.75) is 32.6 Å². The van der Waals surface area contributed by atoms with Crippen molar-refractivity contribution in [3.63, 3.8) is 0 Å². The van der Waals surface area contributed by atoms with Gasteiger partial charge in [-0.05, 0) is 50.3 Å². The van der Waals surface area contributed by atoms with Gasteiger partial charge in [-0.2, -0.15) is 0 Å². The molecule has 4 rings (SSSR count). The van der Waals surface area contributed by atoms with Crippen molar-refractivity contribution in [1.29, 1.82) is 0 Å². The van der Waals surface area contributed by atoms with Crippen molar-refractivity contribution < 1.29 is 18.7 Å². The van der Waals surface area contributed by atoms with Crippen LogP contribution in [0.3, 0.4) is 0 Å².